The maximum absolute atomic E-state index is 12.1. The minimum absolute atomic E-state index is 0.141. The van der Waals surface area contributed by atoms with Gasteiger partial charge < -0.3 is 9.64 Å². The number of nitrogens with zero attached hydrogens (tertiary/aromatic N) is 1. The third-order valence-electron chi connectivity index (χ3n) is 4.00. The fraction of sp³-hybridized carbons (Fsp3) is 0.533. The molecule has 1 aliphatic carbocycles. The highest BCUT2D eigenvalue weighted by molar-refractivity contribution is 5.78. The van der Waals surface area contributed by atoms with Crippen LogP contribution in [-0.4, -0.2) is 29.6 Å². The number of fused-ring (bicyclic) bond motifs is 1. The van der Waals surface area contributed by atoms with Gasteiger partial charge in [0.15, 0.2) is 0 Å². The van der Waals surface area contributed by atoms with Gasteiger partial charge >= 0.3 is 0 Å². The first-order valence-corrected chi connectivity index (χ1v) is 6.79. The molecule has 3 rings (SSSR count). The summed E-state index contributed by atoms with van der Waals surface area (Å²) in [5.41, 5.74) is 1.21. The van der Waals surface area contributed by atoms with Gasteiger partial charge in [-0.15, -0.1) is 0 Å². The molecule has 0 unspecified atom stereocenters. The summed E-state index contributed by atoms with van der Waals surface area (Å²) in [6.45, 7) is 0.984. The van der Waals surface area contributed by atoms with Crippen molar-refractivity contribution in [3.8, 4) is 0 Å². The van der Waals surface area contributed by atoms with E-state index in [9.17, 15) is 4.79 Å². The number of hydrogen-bond acceptors (Lipinski definition) is 2. The van der Waals surface area contributed by atoms with Gasteiger partial charge in [0.1, 0.15) is 6.61 Å². The summed E-state index contributed by atoms with van der Waals surface area (Å²) in [5.74, 6) is 0.141. The Kier molecular flexibility index (Phi) is 3.33. The van der Waals surface area contributed by atoms with E-state index in [2.05, 4.69) is 12.1 Å². The molecule has 0 radical (unpaired) electrons. The lowest BCUT2D eigenvalue weighted by Gasteiger charge is -2.43. The first-order chi connectivity index (χ1) is 8.84. The summed E-state index contributed by atoms with van der Waals surface area (Å²) in [4.78, 5) is 14.1. The second-order valence-corrected chi connectivity index (χ2v) is 5.21. The quantitative estimate of drug-likeness (QED) is 0.800. The molecule has 3 nitrogen and oxygen atoms in total. The van der Waals surface area contributed by atoms with Crippen LogP contribution >= 0.6 is 0 Å². The van der Waals surface area contributed by atoms with Crippen molar-refractivity contribution in [1.82, 2.24) is 4.90 Å². The Morgan fingerprint density at radius 2 is 1.94 bits per heavy atom. The van der Waals surface area contributed by atoms with Crippen molar-refractivity contribution in [2.24, 2.45) is 0 Å². The summed E-state index contributed by atoms with van der Waals surface area (Å²) in [7, 11) is 0. The van der Waals surface area contributed by atoms with Gasteiger partial charge in [-0.1, -0.05) is 43.2 Å². The van der Waals surface area contributed by atoms with Crippen LogP contribution in [0.5, 0.6) is 0 Å². The number of rotatable bonds is 2. The zero-order valence-corrected chi connectivity index (χ0v) is 10.5. The first kappa shape index (κ1) is 11.7. The zero-order valence-electron chi connectivity index (χ0n) is 10.5. The number of carbonyl (C=O) groups excluding carboxylic acids is 1. The molecule has 0 bridgehead atoms. The monoisotopic (exact) mass is 245 g/mol. The van der Waals surface area contributed by atoms with Crippen molar-refractivity contribution in [2.75, 3.05) is 6.61 Å². The minimum Gasteiger partial charge on any atom is -0.366 e. The molecule has 0 aromatic heterocycles. The minimum atomic E-state index is 0.141. The van der Waals surface area contributed by atoms with Crippen LogP contribution in [0.15, 0.2) is 30.3 Å². The maximum atomic E-state index is 12.1. The highest BCUT2D eigenvalue weighted by Crippen LogP contribution is 2.29. The molecule has 1 aromatic carbocycles. The van der Waals surface area contributed by atoms with Crippen LogP contribution in [-0.2, 0) is 16.1 Å². The van der Waals surface area contributed by atoms with Crippen LogP contribution < -0.4 is 0 Å². The van der Waals surface area contributed by atoms with Crippen LogP contribution in [0, 0.1) is 0 Å². The van der Waals surface area contributed by atoms with Crippen molar-refractivity contribution in [3.63, 3.8) is 0 Å². The fourth-order valence-corrected chi connectivity index (χ4v) is 3.06. The van der Waals surface area contributed by atoms with E-state index in [0.29, 0.717) is 6.04 Å². The van der Waals surface area contributed by atoms with E-state index in [4.69, 9.17) is 4.74 Å². The molecule has 18 heavy (non-hydrogen) atoms. The average Bonchev–Trinajstić information content (AvgIpc) is 2.43. The number of morpholine rings is 1. The summed E-state index contributed by atoms with van der Waals surface area (Å²) < 4.78 is 5.67. The Balaban J connectivity index is 1.77. The van der Waals surface area contributed by atoms with E-state index in [1.807, 2.05) is 23.1 Å². The van der Waals surface area contributed by atoms with Crippen molar-refractivity contribution in [2.45, 2.75) is 44.4 Å². The molecule has 1 saturated heterocycles. The van der Waals surface area contributed by atoms with Gasteiger partial charge in [0, 0.05) is 6.54 Å². The Hall–Kier alpha value is -1.35. The molecule has 3 heteroatoms. The standard InChI is InChI=1S/C15H19NO2/c17-15-11-18-14-9-5-4-8-13(14)16(15)10-12-6-2-1-3-7-12/h1-3,6-7,13-14H,4-5,8-11H2/t13-,14-/m1/s1. The topological polar surface area (TPSA) is 29.5 Å². The van der Waals surface area contributed by atoms with Gasteiger partial charge in [-0.2, -0.15) is 0 Å². The van der Waals surface area contributed by atoms with Crippen molar-refractivity contribution < 1.29 is 9.53 Å². The van der Waals surface area contributed by atoms with E-state index in [1.54, 1.807) is 0 Å². The summed E-state index contributed by atoms with van der Waals surface area (Å²) in [6.07, 6.45) is 4.89. The number of benzene rings is 1. The Morgan fingerprint density at radius 1 is 1.17 bits per heavy atom. The third-order valence-corrected chi connectivity index (χ3v) is 4.00. The zero-order chi connectivity index (χ0) is 12.4. The van der Waals surface area contributed by atoms with Gasteiger partial charge in [-0.05, 0) is 18.4 Å². The summed E-state index contributed by atoms with van der Waals surface area (Å²) in [5, 5.41) is 0. The lowest BCUT2D eigenvalue weighted by Crippen LogP contribution is -2.55. The average molecular weight is 245 g/mol. The maximum Gasteiger partial charge on any atom is 0.249 e. The predicted octanol–water partition coefficient (Wildman–Crippen LogP) is 2.36. The molecular weight excluding hydrogens is 226 g/mol. The number of hydrogen-bond donors (Lipinski definition) is 0. The van der Waals surface area contributed by atoms with Crippen molar-refractivity contribution in [3.05, 3.63) is 35.9 Å². The lowest BCUT2D eigenvalue weighted by atomic mass is 9.89. The summed E-state index contributed by atoms with van der Waals surface area (Å²) in [6, 6.07) is 10.5. The largest absolute Gasteiger partial charge is 0.366 e. The van der Waals surface area contributed by atoms with Crippen LogP contribution in [0.3, 0.4) is 0 Å². The molecule has 2 aliphatic rings. The summed E-state index contributed by atoms with van der Waals surface area (Å²) >= 11 is 0. The second kappa shape index (κ2) is 5.11. The van der Waals surface area contributed by atoms with Crippen LogP contribution in [0.25, 0.3) is 0 Å². The molecule has 1 aliphatic heterocycles. The molecule has 1 saturated carbocycles. The van der Waals surface area contributed by atoms with E-state index in [-0.39, 0.29) is 18.6 Å². The van der Waals surface area contributed by atoms with Crippen LogP contribution in [0.2, 0.25) is 0 Å². The lowest BCUT2D eigenvalue weighted by molar-refractivity contribution is -0.161. The smallest absolute Gasteiger partial charge is 0.249 e. The van der Waals surface area contributed by atoms with Gasteiger partial charge in [0.2, 0.25) is 5.91 Å². The van der Waals surface area contributed by atoms with Crippen LogP contribution in [0.4, 0.5) is 0 Å². The third kappa shape index (κ3) is 2.27. The molecule has 2 atom stereocenters. The first-order valence-electron chi connectivity index (χ1n) is 6.79. The van der Waals surface area contributed by atoms with Gasteiger partial charge in [0.05, 0.1) is 12.1 Å². The molecule has 96 valence electrons. The number of amides is 1. The van der Waals surface area contributed by atoms with E-state index >= 15 is 0 Å². The molecule has 1 amide bonds. The second-order valence-electron chi connectivity index (χ2n) is 5.21. The molecule has 0 spiro atoms. The van der Waals surface area contributed by atoms with E-state index < -0.39 is 0 Å². The highest BCUT2D eigenvalue weighted by Gasteiger charge is 2.37. The highest BCUT2D eigenvalue weighted by atomic mass is 16.5. The van der Waals surface area contributed by atoms with Gasteiger partial charge in [-0.3, -0.25) is 4.79 Å². The van der Waals surface area contributed by atoms with Crippen LogP contribution in [0.1, 0.15) is 31.2 Å². The number of ether oxygens (including phenoxy) is 1. The normalized spacial score (nSPS) is 28.0. The van der Waals surface area contributed by atoms with Gasteiger partial charge in [-0.25, -0.2) is 0 Å². The van der Waals surface area contributed by atoms with Crippen molar-refractivity contribution >= 4 is 5.91 Å². The van der Waals surface area contributed by atoms with Gasteiger partial charge in [0.25, 0.3) is 0 Å². The Bertz CT molecular complexity index is 418. The van der Waals surface area contributed by atoms with E-state index in [1.165, 1.54) is 18.4 Å². The fourth-order valence-electron chi connectivity index (χ4n) is 3.06. The number of carbonyl (C=O) groups is 1. The Morgan fingerprint density at radius 3 is 2.78 bits per heavy atom. The molecule has 1 heterocycles. The molecular formula is C15H19NO2. The molecule has 0 N–H and O–H groups in total. The molecule has 1 aromatic rings. The van der Waals surface area contributed by atoms with E-state index in [0.717, 1.165) is 19.4 Å². The SMILES string of the molecule is O=C1CO[C@@H]2CCCC[C@H]2N1Cc1ccccc1. The Labute approximate surface area is 108 Å². The molecule has 2 fully saturated rings. The predicted molar refractivity (Wildman–Crippen MR) is 69.0 cm³/mol. The van der Waals surface area contributed by atoms with Crippen molar-refractivity contribution in [1.29, 1.82) is 0 Å².